The van der Waals surface area contributed by atoms with Gasteiger partial charge in [-0.05, 0) is 25.5 Å². The van der Waals surface area contributed by atoms with Gasteiger partial charge in [0.1, 0.15) is 0 Å². The Kier molecular flexibility index (Phi) is 4.25. The Morgan fingerprint density at radius 2 is 2.28 bits per heavy atom. The number of aromatic nitrogens is 1. The van der Waals surface area contributed by atoms with E-state index in [1.165, 1.54) is 12.3 Å². The summed E-state index contributed by atoms with van der Waals surface area (Å²) >= 11 is 0. The molecule has 1 amide bonds. The van der Waals surface area contributed by atoms with Crippen LogP contribution in [0.3, 0.4) is 0 Å². The minimum Gasteiger partial charge on any atom is -0.349 e. The van der Waals surface area contributed by atoms with Crippen LogP contribution in [0.2, 0.25) is 0 Å². The molecule has 2 rings (SSSR count). The third-order valence-corrected chi connectivity index (χ3v) is 3.36. The number of amides is 1. The molecular weight excluding hydrogens is 233 g/mol. The molecule has 4 nitrogen and oxygen atoms in total. The van der Waals surface area contributed by atoms with Crippen molar-refractivity contribution in [2.45, 2.75) is 25.8 Å². The molecular formula is C13H18FN3O. The Labute approximate surface area is 106 Å². The second-order valence-electron chi connectivity index (χ2n) is 4.55. The number of piperidine rings is 1. The maximum atomic E-state index is 12.9. The van der Waals surface area contributed by atoms with Crippen molar-refractivity contribution in [1.29, 1.82) is 0 Å². The lowest BCUT2D eigenvalue weighted by molar-refractivity contribution is 0.0912. The number of pyridine rings is 1. The highest BCUT2D eigenvalue weighted by Gasteiger charge is 2.20. The highest BCUT2D eigenvalue weighted by molar-refractivity contribution is 5.94. The van der Waals surface area contributed by atoms with Crippen molar-refractivity contribution in [3.8, 4) is 0 Å². The van der Waals surface area contributed by atoms with Crippen molar-refractivity contribution in [3.05, 3.63) is 29.8 Å². The van der Waals surface area contributed by atoms with Crippen molar-refractivity contribution < 1.29 is 9.18 Å². The molecule has 98 valence electrons. The van der Waals surface area contributed by atoms with E-state index >= 15 is 0 Å². The van der Waals surface area contributed by atoms with Crippen LogP contribution in [0.4, 0.5) is 4.39 Å². The zero-order chi connectivity index (χ0) is 13.0. The van der Waals surface area contributed by atoms with Crippen molar-refractivity contribution in [2.75, 3.05) is 19.6 Å². The molecule has 0 aliphatic carbocycles. The lowest BCUT2D eigenvalue weighted by Gasteiger charge is -2.31. The van der Waals surface area contributed by atoms with Gasteiger partial charge in [0.25, 0.3) is 5.91 Å². The summed E-state index contributed by atoms with van der Waals surface area (Å²) in [5.74, 6) is -0.838. The molecule has 0 bridgehead atoms. The molecule has 1 aromatic heterocycles. The van der Waals surface area contributed by atoms with Crippen molar-refractivity contribution in [2.24, 2.45) is 0 Å². The number of nitrogens with zero attached hydrogens (tertiary/aromatic N) is 2. The molecule has 2 heterocycles. The average Bonchev–Trinajstić information content (AvgIpc) is 2.39. The number of hydrogen-bond acceptors (Lipinski definition) is 3. The first-order valence-corrected chi connectivity index (χ1v) is 6.34. The summed E-state index contributed by atoms with van der Waals surface area (Å²) in [5, 5.41) is 2.95. The van der Waals surface area contributed by atoms with Gasteiger partial charge in [-0.3, -0.25) is 4.79 Å². The smallest absolute Gasteiger partial charge is 0.251 e. The van der Waals surface area contributed by atoms with Crippen LogP contribution in [0.1, 0.15) is 30.1 Å². The molecule has 1 aromatic rings. The summed E-state index contributed by atoms with van der Waals surface area (Å²) in [7, 11) is 0. The van der Waals surface area contributed by atoms with Crippen molar-refractivity contribution in [3.63, 3.8) is 0 Å². The standard InChI is InChI=1S/C13H18FN3O/c1-2-17-7-4-11(5-8-17)16-13(18)10-3-6-15-12(14)9-10/h3,6,9,11H,2,4-5,7-8H2,1H3,(H,16,18). The second-order valence-corrected chi connectivity index (χ2v) is 4.55. The van der Waals surface area contributed by atoms with Gasteiger partial charge >= 0.3 is 0 Å². The predicted octanol–water partition coefficient (Wildman–Crippen LogP) is 1.43. The number of rotatable bonds is 3. The van der Waals surface area contributed by atoms with Gasteiger partial charge in [-0.15, -0.1) is 0 Å². The van der Waals surface area contributed by atoms with Crippen LogP contribution in [0.5, 0.6) is 0 Å². The molecule has 1 saturated heterocycles. The fourth-order valence-corrected chi connectivity index (χ4v) is 2.21. The largest absolute Gasteiger partial charge is 0.349 e. The fourth-order valence-electron chi connectivity index (χ4n) is 2.21. The van der Waals surface area contributed by atoms with Crippen LogP contribution in [0.25, 0.3) is 0 Å². The lowest BCUT2D eigenvalue weighted by atomic mass is 10.0. The second kappa shape index (κ2) is 5.91. The van der Waals surface area contributed by atoms with Gasteiger partial charge in [-0.25, -0.2) is 4.98 Å². The molecule has 0 spiro atoms. The van der Waals surface area contributed by atoms with Crippen LogP contribution in [-0.2, 0) is 0 Å². The van der Waals surface area contributed by atoms with Gasteiger partial charge in [0.2, 0.25) is 5.95 Å². The Balaban J connectivity index is 1.89. The maximum absolute atomic E-state index is 12.9. The number of halogens is 1. The third kappa shape index (κ3) is 3.26. The highest BCUT2D eigenvalue weighted by Crippen LogP contribution is 2.11. The first-order chi connectivity index (χ1) is 8.69. The monoisotopic (exact) mass is 251 g/mol. The van der Waals surface area contributed by atoms with Crippen LogP contribution in [0, 0.1) is 5.95 Å². The average molecular weight is 251 g/mol. The van der Waals surface area contributed by atoms with Gasteiger partial charge in [0, 0.05) is 37.0 Å². The van der Waals surface area contributed by atoms with E-state index < -0.39 is 5.95 Å². The van der Waals surface area contributed by atoms with Crippen molar-refractivity contribution >= 4 is 5.91 Å². The maximum Gasteiger partial charge on any atom is 0.251 e. The van der Waals surface area contributed by atoms with Crippen molar-refractivity contribution in [1.82, 2.24) is 15.2 Å². The first-order valence-electron chi connectivity index (χ1n) is 6.34. The summed E-state index contributed by atoms with van der Waals surface area (Å²) in [6, 6.07) is 2.88. The summed E-state index contributed by atoms with van der Waals surface area (Å²) < 4.78 is 12.9. The van der Waals surface area contributed by atoms with Gasteiger partial charge in [0.15, 0.2) is 0 Å². The van der Waals surface area contributed by atoms with Crippen LogP contribution < -0.4 is 5.32 Å². The number of carbonyl (C=O) groups is 1. The molecule has 0 radical (unpaired) electrons. The minimum atomic E-state index is -0.622. The van der Waals surface area contributed by atoms with Gasteiger partial charge in [-0.1, -0.05) is 6.92 Å². The topological polar surface area (TPSA) is 45.2 Å². The predicted molar refractivity (Wildman–Crippen MR) is 66.8 cm³/mol. The molecule has 1 fully saturated rings. The SMILES string of the molecule is CCN1CCC(NC(=O)c2ccnc(F)c2)CC1. The van der Waals surface area contributed by atoms with E-state index in [1.807, 2.05) is 0 Å². The molecule has 0 unspecified atom stereocenters. The number of hydrogen-bond donors (Lipinski definition) is 1. The fraction of sp³-hybridized carbons (Fsp3) is 0.538. The molecule has 18 heavy (non-hydrogen) atoms. The molecule has 0 saturated carbocycles. The Hall–Kier alpha value is -1.49. The van der Waals surface area contributed by atoms with Crippen LogP contribution in [0.15, 0.2) is 18.3 Å². The highest BCUT2D eigenvalue weighted by atomic mass is 19.1. The number of nitrogens with one attached hydrogen (secondary N) is 1. The zero-order valence-electron chi connectivity index (χ0n) is 10.5. The Morgan fingerprint density at radius 3 is 2.89 bits per heavy atom. The Bertz CT molecular complexity index is 416. The lowest BCUT2D eigenvalue weighted by Crippen LogP contribution is -2.44. The molecule has 0 aromatic carbocycles. The summed E-state index contributed by atoms with van der Waals surface area (Å²) in [6.07, 6.45) is 3.21. The van der Waals surface area contributed by atoms with E-state index in [4.69, 9.17) is 0 Å². The van der Waals surface area contributed by atoms with E-state index in [2.05, 4.69) is 22.1 Å². The van der Waals surface area contributed by atoms with E-state index in [0.717, 1.165) is 38.5 Å². The third-order valence-electron chi connectivity index (χ3n) is 3.36. The molecule has 1 aliphatic rings. The molecule has 1 aliphatic heterocycles. The normalized spacial score (nSPS) is 17.7. The van der Waals surface area contributed by atoms with Crippen LogP contribution >= 0.6 is 0 Å². The summed E-state index contributed by atoms with van der Waals surface area (Å²) in [4.78, 5) is 17.7. The van der Waals surface area contributed by atoms with E-state index in [1.54, 1.807) is 0 Å². The minimum absolute atomic E-state index is 0.191. The first kappa shape index (κ1) is 13.0. The van der Waals surface area contributed by atoms with E-state index in [9.17, 15) is 9.18 Å². The molecule has 5 heteroatoms. The zero-order valence-corrected chi connectivity index (χ0v) is 10.5. The van der Waals surface area contributed by atoms with Gasteiger partial charge in [-0.2, -0.15) is 4.39 Å². The van der Waals surface area contributed by atoms with Crippen LogP contribution in [-0.4, -0.2) is 41.5 Å². The van der Waals surface area contributed by atoms with E-state index in [0.29, 0.717) is 5.56 Å². The van der Waals surface area contributed by atoms with E-state index in [-0.39, 0.29) is 11.9 Å². The van der Waals surface area contributed by atoms with Gasteiger partial charge in [0.05, 0.1) is 0 Å². The summed E-state index contributed by atoms with van der Waals surface area (Å²) in [5.41, 5.74) is 0.334. The summed E-state index contributed by atoms with van der Waals surface area (Å²) in [6.45, 7) is 5.20. The quantitative estimate of drug-likeness (QED) is 0.827. The number of carbonyl (C=O) groups excluding carboxylic acids is 1. The van der Waals surface area contributed by atoms with Gasteiger partial charge < -0.3 is 10.2 Å². The molecule has 1 N–H and O–H groups in total. The Morgan fingerprint density at radius 1 is 1.56 bits per heavy atom. The number of likely N-dealkylation sites (tertiary alicyclic amines) is 1. The molecule has 0 atom stereocenters.